The Morgan fingerprint density at radius 1 is 0.976 bits per heavy atom. The van der Waals surface area contributed by atoms with Gasteiger partial charge in [0.05, 0.1) is 6.04 Å². The number of alkyl carbamates (subject to hydrolysis) is 1. The molecule has 1 aromatic heterocycles. The first-order valence-electron chi connectivity index (χ1n) is 14.4. The number of carbonyl (C=O) groups excluding carboxylic acids is 3. The molecule has 42 heavy (non-hydrogen) atoms. The molecular weight excluding hydrogens is 541 g/mol. The van der Waals surface area contributed by atoms with Crippen LogP contribution in [0, 0.1) is 5.82 Å². The number of benzene rings is 2. The Bertz CT molecular complexity index is 1430. The lowest BCUT2D eigenvalue weighted by molar-refractivity contribution is -0.157. The summed E-state index contributed by atoms with van der Waals surface area (Å²) >= 11 is 0. The highest BCUT2D eigenvalue weighted by Crippen LogP contribution is 2.37. The normalized spacial score (nSPS) is 14.9. The Labute approximate surface area is 245 Å². The summed E-state index contributed by atoms with van der Waals surface area (Å²) < 4.78 is 32.9. The molecule has 226 valence electrons. The topological polar surface area (TPSA) is 109 Å². The van der Waals surface area contributed by atoms with Gasteiger partial charge in [0.15, 0.2) is 0 Å². The predicted octanol–water partition coefficient (Wildman–Crippen LogP) is 6.88. The highest BCUT2D eigenvalue weighted by Gasteiger charge is 2.29. The quantitative estimate of drug-likeness (QED) is 0.228. The molecule has 0 radical (unpaired) electrons. The van der Waals surface area contributed by atoms with Crippen LogP contribution in [0.2, 0.25) is 0 Å². The number of amides is 1. The lowest BCUT2D eigenvalue weighted by atomic mass is 10.1. The van der Waals surface area contributed by atoms with Crippen molar-refractivity contribution in [3.05, 3.63) is 48.3 Å². The van der Waals surface area contributed by atoms with Crippen LogP contribution in [0.15, 0.2) is 42.5 Å². The van der Waals surface area contributed by atoms with Gasteiger partial charge >= 0.3 is 18.0 Å². The van der Waals surface area contributed by atoms with E-state index < -0.39 is 35.3 Å². The van der Waals surface area contributed by atoms with Gasteiger partial charge in [0.2, 0.25) is 0 Å². The molecule has 0 saturated heterocycles. The number of halogens is 1. The van der Waals surface area contributed by atoms with Crippen LogP contribution in [-0.4, -0.2) is 45.1 Å². The second-order valence-corrected chi connectivity index (χ2v) is 12.6. The Balaban J connectivity index is 1.43. The van der Waals surface area contributed by atoms with Gasteiger partial charge < -0.3 is 19.5 Å². The summed E-state index contributed by atoms with van der Waals surface area (Å²) in [5.41, 5.74) is 0.408. The molecule has 4 rings (SSSR count). The minimum absolute atomic E-state index is 0.0404. The number of carbonyl (C=O) groups is 3. The first kappa shape index (κ1) is 31.0. The van der Waals surface area contributed by atoms with Gasteiger partial charge in [-0.05, 0) is 91.1 Å². The molecule has 9 nitrogen and oxygen atoms in total. The van der Waals surface area contributed by atoms with Gasteiger partial charge in [-0.15, -0.1) is 0 Å². The molecule has 1 heterocycles. The summed E-state index contributed by atoms with van der Waals surface area (Å²) in [7, 11) is 0. The number of nitrogens with zero attached hydrogens (tertiary/aromatic N) is 2. The molecule has 1 fully saturated rings. The van der Waals surface area contributed by atoms with Crippen molar-refractivity contribution in [1.29, 1.82) is 0 Å². The minimum Gasteiger partial charge on any atom is -0.458 e. The van der Waals surface area contributed by atoms with Gasteiger partial charge in [0.1, 0.15) is 40.0 Å². The number of hydrogen-bond donors (Lipinski definition) is 1. The first-order valence-corrected chi connectivity index (χ1v) is 14.4. The number of esters is 2. The number of nitrogens with one attached hydrogen (secondary N) is 1. The van der Waals surface area contributed by atoms with Crippen LogP contribution in [0.4, 0.5) is 9.18 Å². The highest BCUT2D eigenvalue weighted by atomic mass is 19.1. The summed E-state index contributed by atoms with van der Waals surface area (Å²) in [5, 5.41) is 8.05. The van der Waals surface area contributed by atoms with E-state index in [0.29, 0.717) is 17.0 Å². The second kappa shape index (κ2) is 12.5. The van der Waals surface area contributed by atoms with Crippen molar-refractivity contribution in [2.24, 2.45) is 0 Å². The van der Waals surface area contributed by atoms with Gasteiger partial charge in [0.25, 0.3) is 0 Å². The van der Waals surface area contributed by atoms with Gasteiger partial charge in [-0.2, -0.15) is 5.10 Å². The molecule has 2 aromatic carbocycles. The first-order chi connectivity index (χ1) is 19.7. The van der Waals surface area contributed by atoms with Gasteiger partial charge in [-0.25, -0.2) is 14.0 Å². The van der Waals surface area contributed by atoms with Gasteiger partial charge in [-0.1, -0.05) is 25.0 Å². The molecule has 0 aliphatic heterocycles. The third kappa shape index (κ3) is 8.08. The molecule has 1 amide bonds. The number of aromatic nitrogens is 2. The Morgan fingerprint density at radius 2 is 1.62 bits per heavy atom. The summed E-state index contributed by atoms with van der Waals surface area (Å²) in [5.74, 6) is -1.25. The fourth-order valence-electron chi connectivity index (χ4n) is 4.97. The van der Waals surface area contributed by atoms with Crippen molar-refractivity contribution >= 4 is 28.9 Å². The lowest BCUT2D eigenvalue weighted by Gasteiger charge is -2.26. The van der Waals surface area contributed by atoms with E-state index in [2.05, 4.69) is 5.32 Å². The third-order valence-electron chi connectivity index (χ3n) is 6.73. The standard InChI is InChI=1S/C32H40FN3O6/c1-31(2,3)41-29(38)25(34-30(39)42-32(4,5)6)18-19-26(37)40-22-16-14-20(15-17-22)27-23-12-9-13-24(33)28(23)36(35-27)21-10-7-8-11-21/h9,12-17,21,25H,7-8,10-11,18-19H2,1-6H3,(H,34,39)/t25-/m0/s1. The van der Waals surface area contributed by atoms with Crippen LogP contribution in [-0.2, 0) is 19.1 Å². The van der Waals surface area contributed by atoms with E-state index in [1.54, 1.807) is 71.9 Å². The van der Waals surface area contributed by atoms with E-state index in [9.17, 15) is 18.8 Å². The smallest absolute Gasteiger partial charge is 0.408 e. The zero-order chi connectivity index (χ0) is 30.7. The predicted molar refractivity (Wildman–Crippen MR) is 157 cm³/mol. The van der Waals surface area contributed by atoms with Crippen molar-refractivity contribution in [2.75, 3.05) is 0 Å². The average molecular weight is 582 g/mol. The van der Waals surface area contributed by atoms with Crippen LogP contribution in [0.3, 0.4) is 0 Å². The molecule has 0 bridgehead atoms. The Kier molecular flexibility index (Phi) is 9.23. The van der Waals surface area contributed by atoms with E-state index in [1.807, 2.05) is 10.7 Å². The van der Waals surface area contributed by atoms with Gasteiger partial charge in [0, 0.05) is 17.4 Å². The van der Waals surface area contributed by atoms with Crippen LogP contribution in [0.5, 0.6) is 5.75 Å². The van der Waals surface area contributed by atoms with Crippen LogP contribution < -0.4 is 10.1 Å². The molecule has 10 heteroatoms. The Hall–Kier alpha value is -3.95. The molecule has 1 aliphatic carbocycles. The summed E-state index contributed by atoms with van der Waals surface area (Å²) in [4.78, 5) is 37.7. The van der Waals surface area contributed by atoms with Crippen LogP contribution in [0.25, 0.3) is 22.2 Å². The largest absolute Gasteiger partial charge is 0.458 e. The maximum absolute atomic E-state index is 14.9. The van der Waals surface area contributed by atoms with Crippen molar-refractivity contribution in [3.63, 3.8) is 0 Å². The van der Waals surface area contributed by atoms with E-state index in [-0.39, 0.29) is 24.7 Å². The lowest BCUT2D eigenvalue weighted by Crippen LogP contribution is -2.46. The van der Waals surface area contributed by atoms with E-state index in [1.165, 1.54) is 6.07 Å². The summed E-state index contributed by atoms with van der Waals surface area (Å²) in [6.07, 6.45) is 3.17. The van der Waals surface area contributed by atoms with Gasteiger partial charge in [-0.3, -0.25) is 9.48 Å². The van der Waals surface area contributed by atoms with Crippen molar-refractivity contribution in [3.8, 4) is 17.0 Å². The number of hydrogen-bond acceptors (Lipinski definition) is 7. The molecule has 3 aromatic rings. The maximum Gasteiger partial charge on any atom is 0.408 e. The highest BCUT2D eigenvalue weighted by molar-refractivity contribution is 5.94. The molecular formula is C32H40FN3O6. The molecule has 1 N–H and O–H groups in total. The zero-order valence-electron chi connectivity index (χ0n) is 25.2. The van der Waals surface area contributed by atoms with Crippen LogP contribution >= 0.6 is 0 Å². The fourth-order valence-corrected chi connectivity index (χ4v) is 4.97. The van der Waals surface area contributed by atoms with E-state index in [4.69, 9.17) is 19.3 Å². The average Bonchev–Trinajstić information content (AvgIpc) is 3.54. The summed E-state index contributed by atoms with van der Waals surface area (Å²) in [6, 6.07) is 10.9. The molecule has 1 aliphatic rings. The number of ether oxygens (including phenoxy) is 3. The van der Waals surface area contributed by atoms with Crippen molar-refractivity contribution in [2.45, 2.75) is 103 Å². The second-order valence-electron chi connectivity index (χ2n) is 12.6. The third-order valence-corrected chi connectivity index (χ3v) is 6.73. The SMILES string of the molecule is CC(C)(C)OC(=O)N[C@@H](CCC(=O)Oc1ccc(-c2nn(C3CCCC3)c3c(F)cccc23)cc1)C(=O)OC(C)(C)C. The van der Waals surface area contributed by atoms with Crippen LogP contribution in [0.1, 0.15) is 86.1 Å². The van der Waals surface area contributed by atoms with Crippen molar-refractivity contribution < 1.29 is 33.0 Å². The zero-order valence-corrected chi connectivity index (χ0v) is 25.2. The number of rotatable bonds is 8. The van der Waals surface area contributed by atoms with Crippen molar-refractivity contribution in [1.82, 2.24) is 15.1 Å². The minimum atomic E-state index is -1.10. The molecule has 1 atom stereocenters. The van der Waals surface area contributed by atoms with E-state index >= 15 is 0 Å². The molecule has 0 spiro atoms. The molecule has 1 saturated carbocycles. The number of para-hydroxylation sites is 1. The Morgan fingerprint density at radius 3 is 2.24 bits per heavy atom. The number of fused-ring (bicyclic) bond motifs is 1. The fraction of sp³-hybridized carbons (Fsp3) is 0.500. The monoisotopic (exact) mass is 581 g/mol. The summed E-state index contributed by atoms with van der Waals surface area (Å²) in [6.45, 7) is 10.3. The molecule has 0 unspecified atom stereocenters. The maximum atomic E-state index is 14.9. The van der Waals surface area contributed by atoms with E-state index in [0.717, 1.165) is 36.6 Å².